The highest BCUT2D eigenvalue weighted by Crippen LogP contribution is 2.21. The molecule has 0 aliphatic heterocycles. The lowest BCUT2D eigenvalue weighted by molar-refractivity contribution is 0.0566. The van der Waals surface area contributed by atoms with E-state index < -0.39 is 8.80 Å². The van der Waals surface area contributed by atoms with Crippen LogP contribution in [0, 0.1) is 0 Å². The summed E-state index contributed by atoms with van der Waals surface area (Å²) in [6.07, 6.45) is 49.2. The molecule has 0 fully saturated rings. The van der Waals surface area contributed by atoms with Gasteiger partial charge in [-0.05, 0) is 25.0 Å². The van der Waals surface area contributed by atoms with Crippen LogP contribution < -0.4 is 0 Å². The Balaban J connectivity index is 4.33. The van der Waals surface area contributed by atoms with Gasteiger partial charge in [0, 0.05) is 25.9 Å². The van der Waals surface area contributed by atoms with Gasteiger partial charge in [0.15, 0.2) is 0 Å². The molecule has 0 aromatic carbocycles. The van der Waals surface area contributed by atoms with Crippen LogP contribution in [-0.2, 0) is 13.3 Å². The normalized spacial score (nSPS) is 12.0. The molecular formula is C44H92O3SSi. The lowest BCUT2D eigenvalue weighted by Crippen LogP contribution is -2.47. The van der Waals surface area contributed by atoms with Gasteiger partial charge in [-0.15, -0.1) is 0 Å². The molecule has 3 nitrogen and oxygen atoms in total. The maximum absolute atomic E-state index is 6.62. The summed E-state index contributed by atoms with van der Waals surface area (Å²) < 4.78 is 19.9. The van der Waals surface area contributed by atoms with Crippen LogP contribution in [-0.4, -0.2) is 34.4 Å². The smallest absolute Gasteiger partial charge is 0.373 e. The Morgan fingerprint density at radius 1 is 0.286 bits per heavy atom. The number of unbranched alkanes of at least 4 members (excludes halogenated alkanes) is 33. The van der Waals surface area contributed by atoms with E-state index in [0.717, 1.165) is 50.9 Å². The summed E-state index contributed by atoms with van der Waals surface area (Å²) in [6, 6.07) is 0.838. The minimum Gasteiger partial charge on any atom is -0.373 e. The molecule has 0 rings (SSSR count). The third-order valence-corrected chi connectivity index (χ3v) is 13.8. The molecule has 0 bridgehead atoms. The van der Waals surface area contributed by atoms with Crippen molar-refractivity contribution in [2.45, 2.75) is 258 Å². The van der Waals surface area contributed by atoms with Gasteiger partial charge in [0.05, 0.1) is 0 Å². The number of rotatable bonds is 44. The lowest BCUT2D eigenvalue weighted by Gasteiger charge is -2.29. The lowest BCUT2D eigenvalue weighted by atomic mass is 10.1. The van der Waals surface area contributed by atoms with Crippen molar-refractivity contribution in [3.8, 4) is 0 Å². The molecule has 49 heavy (non-hydrogen) atoms. The van der Waals surface area contributed by atoms with Gasteiger partial charge in [-0.25, -0.2) is 0 Å². The highest BCUT2D eigenvalue weighted by atomic mass is 32.1. The van der Waals surface area contributed by atoms with E-state index in [2.05, 4.69) is 33.4 Å². The van der Waals surface area contributed by atoms with Crippen molar-refractivity contribution in [3.63, 3.8) is 0 Å². The summed E-state index contributed by atoms with van der Waals surface area (Å²) in [6.45, 7) is 9.26. The molecule has 0 amide bonds. The molecule has 0 heterocycles. The second-order valence-corrected chi connectivity index (χ2v) is 18.5. The highest BCUT2D eigenvalue weighted by molar-refractivity contribution is 7.80. The van der Waals surface area contributed by atoms with E-state index in [1.165, 1.54) is 212 Å². The summed E-state index contributed by atoms with van der Waals surface area (Å²) >= 11 is 4.64. The molecule has 0 aromatic rings. The molecule has 296 valence electrons. The zero-order chi connectivity index (χ0) is 35.6. The first-order valence-corrected chi connectivity index (χ1v) is 25.3. The SMILES string of the molecule is CCCCCCCCCCCCCCO[Si](CCS)(OCCCCCCCCCCCCCC)OCCCCCCCCCCCCCC. The predicted octanol–water partition coefficient (Wildman–Crippen LogP) is 16.0. The van der Waals surface area contributed by atoms with Crippen LogP contribution in [0.4, 0.5) is 0 Å². The van der Waals surface area contributed by atoms with Gasteiger partial charge < -0.3 is 13.3 Å². The van der Waals surface area contributed by atoms with Crippen LogP contribution in [0.2, 0.25) is 6.04 Å². The van der Waals surface area contributed by atoms with E-state index in [1.54, 1.807) is 0 Å². The van der Waals surface area contributed by atoms with Crippen LogP contribution >= 0.6 is 12.6 Å². The van der Waals surface area contributed by atoms with E-state index >= 15 is 0 Å². The summed E-state index contributed by atoms with van der Waals surface area (Å²) in [5.74, 6) is 0.779. The average molecular weight is 729 g/mol. The van der Waals surface area contributed by atoms with Gasteiger partial charge in [-0.3, -0.25) is 0 Å². The highest BCUT2D eigenvalue weighted by Gasteiger charge is 2.40. The number of hydrogen-bond acceptors (Lipinski definition) is 4. The largest absolute Gasteiger partial charge is 0.501 e. The van der Waals surface area contributed by atoms with Gasteiger partial charge in [-0.1, -0.05) is 233 Å². The molecule has 0 saturated heterocycles. The van der Waals surface area contributed by atoms with Crippen LogP contribution in [0.5, 0.6) is 0 Å². The van der Waals surface area contributed by atoms with Crippen LogP contribution in [0.15, 0.2) is 0 Å². The third-order valence-electron chi connectivity index (χ3n) is 10.4. The molecule has 0 saturated carbocycles. The van der Waals surface area contributed by atoms with E-state index in [0.29, 0.717) is 0 Å². The minimum absolute atomic E-state index is 0.779. The zero-order valence-corrected chi connectivity index (χ0v) is 36.1. The fourth-order valence-electron chi connectivity index (χ4n) is 6.99. The first kappa shape index (κ1) is 49.4. The number of thiol groups is 1. The molecule has 0 radical (unpaired) electrons. The molecule has 0 aliphatic rings. The van der Waals surface area contributed by atoms with Crippen molar-refractivity contribution >= 4 is 21.4 Å². The Morgan fingerprint density at radius 3 is 0.653 bits per heavy atom. The Bertz CT molecular complexity index is 518. The number of hydrogen-bond donors (Lipinski definition) is 1. The summed E-state index contributed by atoms with van der Waals surface area (Å²) in [7, 11) is -2.67. The molecule has 0 spiro atoms. The Hall–Kier alpha value is 0.447. The van der Waals surface area contributed by atoms with Gasteiger partial charge >= 0.3 is 8.80 Å². The minimum atomic E-state index is -2.67. The molecule has 5 heteroatoms. The predicted molar refractivity (Wildman–Crippen MR) is 226 cm³/mol. The first-order chi connectivity index (χ1) is 24.2. The molecular weight excluding hydrogens is 637 g/mol. The molecule has 0 unspecified atom stereocenters. The third kappa shape index (κ3) is 38.0. The van der Waals surface area contributed by atoms with Crippen molar-refractivity contribution in [3.05, 3.63) is 0 Å². The van der Waals surface area contributed by atoms with Crippen molar-refractivity contribution in [1.29, 1.82) is 0 Å². The Labute approximate surface area is 317 Å². The van der Waals surface area contributed by atoms with Gasteiger partial charge in [0.1, 0.15) is 0 Å². The molecule has 0 aromatic heterocycles. The second-order valence-electron chi connectivity index (χ2n) is 15.4. The van der Waals surface area contributed by atoms with Crippen molar-refractivity contribution in [2.24, 2.45) is 0 Å². The van der Waals surface area contributed by atoms with Crippen LogP contribution in [0.25, 0.3) is 0 Å². The maximum atomic E-state index is 6.62. The maximum Gasteiger partial charge on any atom is 0.501 e. The van der Waals surface area contributed by atoms with Gasteiger partial charge in [-0.2, -0.15) is 12.6 Å². The summed E-state index contributed by atoms with van der Waals surface area (Å²) in [5, 5.41) is 0. The van der Waals surface area contributed by atoms with Crippen molar-refractivity contribution in [1.82, 2.24) is 0 Å². The van der Waals surface area contributed by atoms with E-state index in [4.69, 9.17) is 13.3 Å². The Morgan fingerprint density at radius 2 is 0.469 bits per heavy atom. The fourth-order valence-corrected chi connectivity index (χ4v) is 10.1. The zero-order valence-electron chi connectivity index (χ0n) is 34.2. The van der Waals surface area contributed by atoms with Crippen LogP contribution in [0.3, 0.4) is 0 Å². The average Bonchev–Trinajstić information content (AvgIpc) is 3.11. The van der Waals surface area contributed by atoms with E-state index in [1.807, 2.05) is 0 Å². The van der Waals surface area contributed by atoms with Crippen molar-refractivity contribution < 1.29 is 13.3 Å². The first-order valence-electron chi connectivity index (χ1n) is 22.8. The monoisotopic (exact) mass is 729 g/mol. The van der Waals surface area contributed by atoms with E-state index in [9.17, 15) is 0 Å². The second kappa shape index (κ2) is 42.9. The van der Waals surface area contributed by atoms with E-state index in [-0.39, 0.29) is 0 Å². The Kier molecular flexibility index (Phi) is 43.2. The quantitative estimate of drug-likeness (QED) is 0.0384. The van der Waals surface area contributed by atoms with Crippen LogP contribution in [0.1, 0.15) is 252 Å². The van der Waals surface area contributed by atoms with Gasteiger partial charge in [0.2, 0.25) is 0 Å². The summed E-state index contributed by atoms with van der Waals surface area (Å²) in [5.41, 5.74) is 0. The summed E-state index contributed by atoms with van der Waals surface area (Å²) in [4.78, 5) is 0. The molecule has 0 atom stereocenters. The topological polar surface area (TPSA) is 27.7 Å². The van der Waals surface area contributed by atoms with Gasteiger partial charge in [0.25, 0.3) is 0 Å². The standard InChI is InChI=1S/C44H92O3SSi/c1-4-7-10-13-16-19-22-25-28-31-34-37-40-45-49(44-43-48,46-41-38-35-32-29-26-23-20-17-14-11-8-5-2)47-42-39-36-33-30-27-24-21-18-15-12-9-6-3/h48H,4-44H2,1-3H3. The molecule has 0 N–H and O–H groups in total. The van der Waals surface area contributed by atoms with Crippen molar-refractivity contribution in [2.75, 3.05) is 25.6 Å². The molecule has 0 aliphatic carbocycles. The fraction of sp³-hybridized carbons (Fsp3) is 1.00.